The Morgan fingerprint density at radius 1 is 1.06 bits per heavy atom. The fraction of sp³-hybridized carbons (Fsp3) is 0.727. The lowest BCUT2D eigenvalue weighted by atomic mass is 10.2. The van der Waals surface area contributed by atoms with Crippen LogP contribution < -0.4 is 0 Å². The molecule has 0 rings (SSSR count). The van der Waals surface area contributed by atoms with Gasteiger partial charge in [-0.3, -0.25) is 14.4 Å². The molecule has 0 fully saturated rings. The maximum absolute atomic E-state index is 10.9. The minimum absolute atomic E-state index is 0.0141. The van der Waals surface area contributed by atoms with E-state index in [4.69, 9.17) is 4.74 Å². The van der Waals surface area contributed by atoms with Crippen molar-refractivity contribution in [3.63, 3.8) is 0 Å². The average molecular weight is 278 g/mol. The molecule has 0 aromatic carbocycles. The summed E-state index contributed by atoms with van der Waals surface area (Å²) in [5.74, 6) is 0.871. The van der Waals surface area contributed by atoms with Crippen LogP contribution in [0.2, 0.25) is 0 Å². The van der Waals surface area contributed by atoms with Crippen LogP contribution in [0.5, 0.6) is 0 Å². The second kappa shape index (κ2) is 9.53. The first-order valence-corrected chi connectivity index (χ1v) is 7.33. The SMILES string of the molecule is CC(=O)OC(CCCSC(C)=O)CSC(C)=O. The summed E-state index contributed by atoms with van der Waals surface area (Å²) in [5.41, 5.74) is 0. The summed E-state index contributed by atoms with van der Waals surface area (Å²) in [6, 6.07) is 0. The Balaban J connectivity index is 3.88. The summed E-state index contributed by atoms with van der Waals surface area (Å²) in [4.78, 5) is 32.4. The van der Waals surface area contributed by atoms with E-state index in [9.17, 15) is 14.4 Å². The summed E-state index contributed by atoms with van der Waals surface area (Å²) in [5, 5.41) is 0.104. The highest BCUT2D eigenvalue weighted by Crippen LogP contribution is 2.14. The zero-order chi connectivity index (χ0) is 13.3. The minimum Gasteiger partial charge on any atom is -0.462 e. The third kappa shape index (κ3) is 11.8. The number of hydrogen-bond acceptors (Lipinski definition) is 6. The van der Waals surface area contributed by atoms with Crippen LogP contribution in [-0.2, 0) is 19.1 Å². The van der Waals surface area contributed by atoms with E-state index in [1.807, 2.05) is 0 Å². The zero-order valence-electron chi connectivity index (χ0n) is 10.4. The molecule has 0 aromatic rings. The lowest BCUT2D eigenvalue weighted by Gasteiger charge is -2.15. The highest BCUT2D eigenvalue weighted by atomic mass is 32.2. The van der Waals surface area contributed by atoms with E-state index in [-0.39, 0.29) is 22.3 Å². The van der Waals surface area contributed by atoms with Crippen molar-refractivity contribution >= 4 is 39.7 Å². The van der Waals surface area contributed by atoms with Crippen LogP contribution in [0.1, 0.15) is 33.6 Å². The first-order chi connectivity index (χ1) is 7.91. The molecule has 0 N–H and O–H groups in total. The molecule has 1 atom stereocenters. The summed E-state index contributed by atoms with van der Waals surface area (Å²) in [7, 11) is 0. The highest BCUT2D eigenvalue weighted by Gasteiger charge is 2.13. The molecule has 0 spiro atoms. The molecule has 17 heavy (non-hydrogen) atoms. The van der Waals surface area contributed by atoms with E-state index in [2.05, 4.69) is 0 Å². The van der Waals surface area contributed by atoms with Crippen LogP contribution in [0, 0.1) is 0 Å². The second-order valence-electron chi connectivity index (χ2n) is 3.52. The van der Waals surface area contributed by atoms with Gasteiger partial charge in [0.05, 0.1) is 0 Å². The summed E-state index contributed by atoms with van der Waals surface area (Å²) < 4.78 is 5.10. The molecule has 0 saturated heterocycles. The molecule has 0 amide bonds. The van der Waals surface area contributed by atoms with E-state index < -0.39 is 0 Å². The van der Waals surface area contributed by atoms with Gasteiger partial charge in [-0.1, -0.05) is 23.5 Å². The molecule has 0 radical (unpaired) electrons. The predicted octanol–water partition coefficient (Wildman–Crippen LogP) is 2.26. The molecule has 98 valence electrons. The Labute approximate surface area is 110 Å². The molecule has 0 saturated carbocycles. The lowest BCUT2D eigenvalue weighted by Crippen LogP contribution is -2.20. The van der Waals surface area contributed by atoms with Gasteiger partial charge in [-0.15, -0.1) is 0 Å². The molecule has 0 aromatic heterocycles. The third-order valence-electron chi connectivity index (χ3n) is 1.78. The van der Waals surface area contributed by atoms with Gasteiger partial charge in [0, 0.05) is 32.3 Å². The topological polar surface area (TPSA) is 60.4 Å². The van der Waals surface area contributed by atoms with Crippen LogP contribution >= 0.6 is 23.5 Å². The number of carbonyl (C=O) groups excluding carboxylic acids is 3. The van der Waals surface area contributed by atoms with Gasteiger partial charge in [-0.05, 0) is 12.8 Å². The van der Waals surface area contributed by atoms with Crippen LogP contribution in [0.15, 0.2) is 0 Å². The lowest BCUT2D eigenvalue weighted by molar-refractivity contribution is -0.145. The first kappa shape index (κ1) is 16.5. The van der Waals surface area contributed by atoms with Crippen LogP contribution in [0.4, 0.5) is 0 Å². The van der Waals surface area contributed by atoms with Gasteiger partial charge in [0.25, 0.3) is 0 Å². The van der Waals surface area contributed by atoms with E-state index >= 15 is 0 Å². The summed E-state index contributed by atoms with van der Waals surface area (Å²) in [6.07, 6.45) is 1.23. The van der Waals surface area contributed by atoms with Crippen molar-refractivity contribution < 1.29 is 19.1 Å². The Morgan fingerprint density at radius 3 is 2.12 bits per heavy atom. The first-order valence-electron chi connectivity index (χ1n) is 5.35. The molecule has 0 aliphatic carbocycles. The van der Waals surface area contributed by atoms with Gasteiger partial charge in [0.15, 0.2) is 10.2 Å². The fourth-order valence-electron chi connectivity index (χ4n) is 1.15. The van der Waals surface area contributed by atoms with Crippen LogP contribution in [-0.4, -0.2) is 33.8 Å². The van der Waals surface area contributed by atoms with E-state index in [1.165, 1.54) is 32.5 Å². The number of hydrogen-bond donors (Lipinski definition) is 0. The van der Waals surface area contributed by atoms with Crippen molar-refractivity contribution in [2.45, 2.75) is 39.7 Å². The van der Waals surface area contributed by atoms with Crippen molar-refractivity contribution in [2.24, 2.45) is 0 Å². The molecule has 1 unspecified atom stereocenters. The van der Waals surface area contributed by atoms with Crippen molar-refractivity contribution in [3.05, 3.63) is 0 Å². The maximum Gasteiger partial charge on any atom is 0.302 e. The summed E-state index contributed by atoms with van der Waals surface area (Å²) >= 11 is 2.42. The van der Waals surface area contributed by atoms with E-state index in [0.717, 1.165) is 23.9 Å². The van der Waals surface area contributed by atoms with Gasteiger partial charge in [0.1, 0.15) is 6.10 Å². The standard InChI is InChI=1S/C11H18O4S2/c1-8(12)15-11(7-17-10(3)14)5-4-6-16-9(2)13/h11H,4-7H2,1-3H3. The molecule has 4 nitrogen and oxygen atoms in total. The number of rotatable bonds is 7. The van der Waals surface area contributed by atoms with Crippen molar-refractivity contribution in [2.75, 3.05) is 11.5 Å². The minimum atomic E-state index is -0.335. The van der Waals surface area contributed by atoms with Gasteiger partial charge >= 0.3 is 5.97 Å². The monoisotopic (exact) mass is 278 g/mol. The van der Waals surface area contributed by atoms with Crippen molar-refractivity contribution in [3.8, 4) is 0 Å². The number of esters is 1. The number of thioether (sulfide) groups is 2. The maximum atomic E-state index is 10.9. The predicted molar refractivity (Wildman–Crippen MR) is 71.1 cm³/mol. The van der Waals surface area contributed by atoms with Crippen molar-refractivity contribution in [1.29, 1.82) is 0 Å². The number of ether oxygens (including phenoxy) is 1. The average Bonchev–Trinajstić information content (AvgIpc) is 2.19. The largest absolute Gasteiger partial charge is 0.462 e. The Hall–Kier alpha value is -0.490. The van der Waals surface area contributed by atoms with E-state index in [0.29, 0.717) is 12.2 Å². The molecular weight excluding hydrogens is 260 g/mol. The molecule has 0 heterocycles. The quantitative estimate of drug-likeness (QED) is 0.526. The highest BCUT2D eigenvalue weighted by molar-refractivity contribution is 8.13. The molecule has 0 bridgehead atoms. The zero-order valence-corrected chi connectivity index (χ0v) is 12.0. The van der Waals surface area contributed by atoms with E-state index in [1.54, 1.807) is 0 Å². The normalized spacial score (nSPS) is 11.9. The Bertz CT molecular complexity index is 279. The van der Waals surface area contributed by atoms with Gasteiger partial charge < -0.3 is 4.74 Å². The fourth-order valence-corrected chi connectivity index (χ4v) is 2.40. The van der Waals surface area contributed by atoms with Crippen LogP contribution in [0.25, 0.3) is 0 Å². The Morgan fingerprint density at radius 2 is 1.65 bits per heavy atom. The molecular formula is C11H18O4S2. The Kier molecular flexibility index (Phi) is 9.26. The van der Waals surface area contributed by atoms with Crippen LogP contribution in [0.3, 0.4) is 0 Å². The van der Waals surface area contributed by atoms with Gasteiger partial charge in [-0.25, -0.2) is 0 Å². The third-order valence-corrected chi connectivity index (χ3v) is 3.63. The number of carbonyl (C=O) groups is 3. The summed E-state index contributed by atoms with van der Waals surface area (Å²) in [6.45, 7) is 4.37. The second-order valence-corrected chi connectivity index (χ2v) is 5.99. The van der Waals surface area contributed by atoms with Crippen molar-refractivity contribution in [1.82, 2.24) is 0 Å². The van der Waals surface area contributed by atoms with Gasteiger partial charge in [-0.2, -0.15) is 0 Å². The molecule has 0 aliphatic heterocycles. The van der Waals surface area contributed by atoms with Gasteiger partial charge in [0.2, 0.25) is 0 Å². The smallest absolute Gasteiger partial charge is 0.302 e. The molecule has 6 heteroatoms. The molecule has 0 aliphatic rings.